The van der Waals surface area contributed by atoms with Crippen LogP contribution in [0.4, 0.5) is 18.9 Å². The molecule has 0 heterocycles. The molecule has 0 bridgehead atoms. The van der Waals surface area contributed by atoms with E-state index in [-0.39, 0.29) is 43.6 Å². The number of benzene rings is 2. The summed E-state index contributed by atoms with van der Waals surface area (Å²) in [5, 5.41) is 2.61. The van der Waals surface area contributed by atoms with Crippen molar-refractivity contribution in [3.8, 4) is 5.75 Å². The van der Waals surface area contributed by atoms with Crippen molar-refractivity contribution in [3.63, 3.8) is 0 Å². The Morgan fingerprint density at radius 3 is 2.42 bits per heavy atom. The molecule has 0 radical (unpaired) electrons. The van der Waals surface area contributed by atoms with Crippen molar-refractivity contribution in [1.82, 2.24) is 5.32 Å². The van der Waals surface area contributed by atoms with E-state index in [1.165, 1.54) is 18.2 Å². The van der Waals surface area contributed by atoms with Crippen LogP contribution in [0.25, 0.3) is 0 Å². The molecular formula is C18H20ClF3N2O2. The summed E-state index contributed by atoms with van der Waals surface area (Å²) < 4.78 is 43.6. The Labute approximate surface area is 155 Å². The van der Waals surface area contributed by atoms with E-state index < -0.39 is 11.7 Å². The number of nitrogen functional groups attached to an aromatic ring is 1. The van der Waals surface area contributed by atoms with E-state index in [0.717, 1.165) is 11.6 Å². The molecule has 0 aliphatic rings. The number of rotatable bonds is 7. The van der Waals surface area contributed by atoms with Gasteiger partial charge in [-0.05, 0) is 30.2 Å². The normalized spacial score (nSPS) is 10.7. The van der Waals surface area contributed by atoms with E-state index in [1.54, 1.807) is 6.07 Å². The van der Waals surface area contributed by atoms with Gasteiger partial charge in [0.2, 0.25) is 5.91 Å². The molecule has 26 heavy (non-hydrogen) atoms. The van der Waals surface area contributed by atoms with Gasteiger partial charge in [-0.3, -0.25) is 4.79 Å². The van der Waals surface area contributed by atoms with Crippen LogP contribution in [0.2, 0.25) is 0 Å². The van der Waals surface area contributed by atoms with Crippen LogP contribution in [-0.2, 0) is 17.4 Å². The van der Waals surface area contributed by atoms with E-state index in [1.807, 2.05) is 18.2 Å². The van der Waals surface area contributed by atoms with Gasteiger partial charge in [-0.15, -0.1) is 12.4 Å². The maximum Gasteiger partial charge on any atom is 0.419 e. The summed E-state index contributed by atoms with van der Waals surface area (Å²) in [6.45, 7) is 0.0710. The minimum absolute atomic E-state index is 0. The second kappa shape index (κ2) is 9.91. The van der Waals surface area contributed by atoms with Gasteiger partial charge in [0.05, 0.1) is 12.1 Å². The summed E-state index contributed by atoms with van der Waals surface area (Å²) >= 11 is 0. The molecule has 8 heteroatoms. The van der Waals surface area contributed by atoms with Crippen LogP contribution in [0.5, 0.6) is 5.75 Å². The number of ether oxygens (including phenoxy) is 1. The Bertz CT molecular complexity index is 724. The van der Waals surface area contributed by atoms with Crippen molar-refractivity contribution in [2.24, 2.45) is 0 Å². The summed E-state index contributed by atoms with van der Waals surface area (Å²) in [6, 6.07) is 12.2. The van der Waals surface area contributed by atoms with E-state index in [0.29, 0.717) is 12.1 Å². The Morgan fingerprint density at radius 2 is 1.73 bits per heavy atom. The summed E-state index contributed by atoms with van der Waals surface area (Å²) in [5.41, 5.74) is 6.48. The summed E-state index contributed by atoms with van der Waals surface area (Å²) in [5.74, 6) is -0.461. The summed E-state index contributed by atoms with van der Waals surface area (Å²) in [4.78, 5) is 11.8. The number of nitrogens with two attached hydrogens (primary N) is 1. The smallest absolute Gasteiger partial charge is 0.419 e. The number of para-hydroxylation sites is 2. The van der Waals surface area contributed by atoms with Crippen molar-refractivity contribution >= 4 is 24.0 Å². The van der Waals surface area contributed by atoms with Crippen LogP contribution in [0.3, 0.4) is 0 Å². The zero-order valence-corrected chi connectivity index (χ0v) is 14.7. The lowest BCUT2D eigenvalue weighted by Gasteiger charge is -2.14. The number of alkyl halides is 3. The number of amides is 1. The van der Waals surface area contributed by atoms with Crippen molar-refractivity contribution < 1.29 is 22.7 Å². The number of anilines is 1. The second-order valence-electron chi connectivity index (χ2n) is 5.39. The first kappa shape index (κ1) is 21.6. The first-order valence-corrected chi connectivity index (χ1v) is 7.77. The van der Waals surface area contributed by atoms with Crippen LogP contribution < -0.4 is 15.8 Å². The lowest BCUT2D eigenvalue weighted by molar-refractivity contribution is -0.139. The van der Waals surface area contributed by atoms with Crippen molar-refractivity contribution in [2.45, 2.75) is 19.0 Å². The fraction of sp³-hybridized carbons (Fsp3) is 0.278. The fourth-order valence-electron chi connectivity index (χ4n) is 2.28. The van der Waals surface area contributed by atoms with Gasteiger partial charge in [0.25, 0.3) is 0 Å². The van der Waals surface area contributed by atoms with E-state index in [9.17, 15) is 18.0 Å². The minimum atomic E-state index is -4.48. The molecular weight excluding hydrogens is 369 g/mol. The van der Waals surface area contributed by atoms with Crippen LogP contribution in [0.1, 0.15) is 17.5 Å². The number of nitrogens with one attached hydrogen (secondary N) is 1. The quantitative estimate of drug-likeness (QED) is 0.559. The predicted octanol–water partition coefficient (Wildman–Crippen LogP) is 3.84. The number of hydrogen-bond acceptors (Lipinski definition) is 3. The van der Waals surface area contributed by atoms with Gasteiger partial charge in [-0.2, -0.15) is 13.2 Å². The standard InChI is InChI=1S/C18H19F3N2O2.ClH/c19-18(20,21)14-6-2-4-8-16(14)25-12-11-23-17(24)10-9-13-5-1-3-7-15(13)22;/h1-8H,9-12,22H2,(H,23,24);1H. The number of carbonyl (C=O) groups excluding carboxylic acids is 1. The molecule has 0 aliphatic carbocycles. The predicted molar refractivity (Wildman–Crippen MR) is 96.4 cm³/mol. The lowest BCUT2D eigenvalue weighted by atomic mass is 10.1. The molecule has 4 nitrogen and oxygen atoms in total. The van der Waals surface area contributed by atoms with Crippen LogP contribution >= 0.6 is 12.4 Å². The summed E-state index contributed by atoms with van der Waals surface area (Å²) in [7, 11) is 0. The molecule has 0 atom stereocenters. The third-order valence-corrected chi connectivity index (χ3v) is 3.55. The van der Waals surface area contributed by atoms with E-state index in [2.05, 4.69) is 5.32 Å². The van der Waals surface area contributed by atoms with Crippen molar-refractivity contribution in [3.05, 3.63) is 59.7 Å². The number of halogens is 4. The maximum absolute atomic E-state index is 12.8. The zero-order valence-electron chi connectivity index (χ0n) is 13.9. The Balaban J connectivity index is 0.00000338. The molecule has 2 rings (SSSR count). The van der Waals surface area contributed by atoms with E-state index >= 15 is 0 Å². The highest BCUT2D eigenvalue weighted by atomic mass is 35.5. The topological polar surface area (TPSA) is 64.4 Å². The molecule has 2 aromatic rings. The van der Waals surface area contributed by atoms with Gasteiger partial charge in [-0.25, -0.2) is 0 Å². The van der Waals surface area contributed by atoms with Gasteiger partial charge >= 0.3 is 6.18 Å². The molecule has 2 aromatic carbocycles. The Hall–Kier alpha value is -2.41. The number of aryl methyl sites for hydroxylation is 1. The number of hydrogen-bond donors (Lipinski definition) is 2. The SMILES string of the molecule is Cl.Nc1ccccc1CCC(=O)NCCOc1ccccc1C(F)(F)F. The first-order valence-electron chi connectivity index (χ1n) is 7.77. The second-order valence-corrected chi connectivity index (χ2v) is 5.39. The highest BCUT2D eigenvalue weighted by Crippen LogP contribution is 2.35. The van der Waals surface area contributed by atoms with Gasteiger partial charge in [0.1, 0.15) is 12.4 Å². The first-order chi connectivity index (χ1) is 11.9. The zero-order chi connectivity index (χ0) is 18.3. The lowest BCUT2D eigenvalue weighted by Crippen LogP contribution is -2.28. The third kappa shape index (κ3) is 6.48. The molecule has 1 amide bonds. The molecule has 0 aromatic heterocycles. The number of carbonyl (C=O) groups is 1. The van der Waals surface area contributed by atoms with Gasteiger partial charge < -0.3 is 15.8 Å². The average molecular weight is 389 g/mol. The van der Waals surface area contributed by atoms with Crippen LogP contribution in [0, 0.1) is 0 Å². The molecule has 0 saturated carbocycles. The minimum Gasteiger partial charge on any atom is -0.491 e. The van der Waals surface area contributed by atoms with Gasteiger partial charge in [0.15, 0.2) is 0 Å². The third-order valence-electron chi connectivity index (χ3n) is 3.55. The molecule has 0 aliphatic heterocycles. The maximum atomic E-state index is 12.8. The Kier molecular flexibility index (Phi) is 8.25. The van der Waals surface area contributed by atoms with Gasteiger partial charge in [-0.1, -0.05) is 30.3 Å². The van der Waals surface area contributed by atoms with Crippen LogP contribution in [-0.4, -0.2) is 19.1 Å². The fourth-order valence-corrected chi connectivity index (χ4v) is 2.28. The monoisotopic (exact) mass is 388 g/mol. The average Bonchev–Trinajstić information content (AvgIpc) is 2.57. The van der Waals surface area contributed by atoms with Crippen molar-refractivity contribution in [2.75, 3.05) is 18.9 Å². The van der Waals surface area contributed by atoms with Gasteiger partial charge in [0, 0.05) is 12.1 Å². The molecule has 0 saturated heterocycles. The highest BCUT2D eigenvalue weighted by molar-refractivity contribution is 5.85. The largest absolute Gasteiger partial charge is 0.491 e. The molecule has 0 spiro atoms. The van der Waals surface area contributed by atoms with Crippen molar-refractivity contribution in [1.29, 1.82) is 0 Å². The summed E-state index contributed by atoms with van der Waals surface area (Å²) in [6.07, 6.45) is -3.74. The van der Waals surface area contributed by atoms with E-state index in [4.69, 9.17) is 10.5 Å². The molecule has 0 unspecified atom stereocenters. The van der Waals surface area contributed by atoms with Crippen LogP contribution in [0.15, 0.2) is 48.5 Å². The molecule has 0 fully saturated rings. The highest BCUT2D eigenvalue weighted by Gasteiger charge is 2.33. The molecule has 3 N–H and O–H groups in total. The Morgan fingerprint density at radius 1 is 1.08 bits per heavy atom. The molecule has 142 valence electrons.